The number of rotatable bonds is 4. The van der Waals surface area contributed by atoms with Gasteiger partial charge in [-0.2, -0.15) is 0 Å². The number of benzene rings is 1. The summed E-state index contributed by atoms with van der Waals surface area (Å²) < 4.78 is 14.3. The molecular formula is C17H27FN2. The Morgan fingerprint density at radius 2 is 2.15 bits per heavy atom. The molecule has 112 valence electrons. The molecule has 20 heavy (non-hydrogen) atoms. The fourth-order valence-electron chi connectivity index (χ4n) is 3.29. The first-order valence-corrected chi connectivity index (χ1v) is 7.74. The van der Waals surface area contributed by atoms with Crippen molar-refractivity contribution >= 4 is 5.69 Å². The van der Waals surface area contributed by atoms with Crippen molar-refractivity contribution in [2.24, 2.45) is 11.7 Å². The van der Waals surface area contributed by atoms with E-state index in [4.69, 9.17) is 5.73 Å². The summed E-state index contributed by atoms with van der Waals surface area (Å²) in [6, 6.07) is 6.09. The molecule has 1 saturated carbocycles. The second-order valence-corrected chi connectivity index (χ2v) is 6.50. The SMILES string of the molecule is CC(N)Cc1ccc(N(C)C2CCCC(C)C2)c(F)c1. The number of hydrogen-bond acceptors (Lipinski definition) is 2. The van der Waals surface area contributed by atoms with Gasteiger partial charge in [-0.1, -0.05) is 25.8 Å². The molecule has 0 saturated heterocycles. The van der Waals surface area contributed by atoms with E-state index in [1.807, 2.05) is 26.1 Å². The Bertz CT molecular complexity index is 445. The van der Waals surface area contributed by atoms with Crippen LogP contribution in [0, 0.1) is 11.7 Å². The van der Waals surface area contributed by atoms with Gasteiger partial charge in [-0.25, -0.2) is 4.39 Å². The normalized spacial score (nSPS) is 24.4. The molecule has 0 amide bonds. The monoisotopic (exact) mass is 278 g/mol. The number of halogens is 1. The smallest absolute Gasteiger partial charge is 0.146 e. The van der Waals surface area contributed by atoms with Gasteiger partial charge in [-0.05, 0) is 49.8 Å². The quantitative estimate of drug-likeness (QED) is 0.909. The lowest BCUT2D eigenvalue weighted by Gasteiger charge is -2.35. The highest BCUT2D eigenvalue weighted by Crippen LogP contribution is 2.31. The van der Waals surface area contributed by atoms with Crippen LogP contribution in [0.3, 0.4) is 0 Å². The minimum absolute atomic E-state index is 0.0668. The van der Waals surface area contributed by atoms with Crippen LogP contribution in [0.25, 0.3) is 0 Å². The van der Waals surface area contributed by atoms with Crippen molar-refractivity contribution in [3.05, 3.63) is 29.6 Å². The highest BCUT2D eigenvalue weighted by Gasteiger charge is 2.24. The van der Waals surface area contributed by atoms with E-state index in [0.29, 0.717) is 6.04 Å². The molecule has 3 heteroatoms. The molecule has 3 atom stereocenters. The van der Waals surface area contributed by atoms with Crippen LogP contribution < -0.4 is 10.6 Å². The largest absolute Gasteiger partial charge is 0.369 e. The van der Waals surface area contributed by atoms with Crippen LogP contribution >= 0.6 is 0 Å². The van der Waals surface area contributed by atoms with Gasteiger partial charge in [0.2, 0.25) is 0 Å². The number of hydrogen-bond donors (Lipinski definition) is 1. The maximum atomic E-state index is 14.3. The molecule has 0 radical (unpaired) electrons. The van der Waals surface area contributed by atoms with Crippen LogP contribution in [0.5, 0.6) is 0 Å². The molecule has 1 aliphatic carbocycles. The van der Waals surface area contributed by atoms with E-state index in [2.05, 4.69) is 11.8 Å². The van der Waals surface area contributed by atoms with Gasteiger partial charge < -0.3 is 10.6 Å². The third kappa shape index (κ3) is 3.72. The molecule has 2 nitrogen and oxygen atoms in total. The zero-order chi connectivity index (χ0) is 14.7. The van der Waals surface area contributed by atoms with Crippen molar-refractivity contribution in [2.75, 3.05) is 11.9 Å². The summed E-state index contributed by atoms with van der Waals surface area (Å²) in [5.74, 6) is 0.625. The third-order valence-electron chi connectivity index (χ3n) is 4.41. The molecule has 1 fully saturated rings. The number of anilines is 1. The van der Waals surface area contributed by atoms with Crippen LogP contribution in [0.1, 0.15) is 45.1 Å². The predicted octanol–water partition coefficient (Wildman–Crippen LogP) is 3.73. The van der Waals surface area contributed by atoms with Crippen LogP contribution in [0.2, 0.25) is 0 Å². The van der Waals surface area contributed by atoms with E-state index in [1.165, 1.54) is 19.3 Å². The topological polar surface area (TPSA) is 29.3 Å². The van der Waals surface area contributed by atoms with Gasteiger partial charge in [-0.15, -0.1) is 0 Å². The summed E-state index contributed by atoms with van der Waals surface area (Å²) in [5, 5.41) is 0. The average molecular weight is 278 g/mol. The van der Waals surface area contributed by atoms with Crippen LogP contribution in [-0.2, 0) is 6.42 Å². The van der Waals surface area contributed by atoms with Crippen molar-refractivity contribution in [1.29, 1.82) is 0 Å². The Morgan fingerprint density at radius 1 is 1.40 bits per heavy atom. The summed E-state index contributed by atoms with van der Waals surface area (Å²) in [6.07, 6.45) is 5.61. The molecular weight excluding hydrogens is 251 g/mol. The van der Waals surface area contributed by atoms with Gasteiger partial charge in [-0.3, -0.25) is 0 Å². The standard InChI is InChI=1S/C17H27FN2/c1-12-5-4-6-15(9-12)20(3)17-8-7-14(10-13(2)19)11-16(17)18/h7-8,11-13,15H,4-6,9-10,19H2,1-3H3. The lowest BCUT2D eigenvalue weighted by Crippen LogP contribution is -2.36. The zero-order valence-corrected chi connectivity index (χ0v) is 12.9. The van der Waals surface area contributed by atoms with E-state index in [-0.39, 0.29) is 11.9 Å². The first kappa shape index (κ1) is 15.3. The predicted molar refractivity (Wildman–Crippen MR) is 83.6 cm³/mol. The first-order valence-electron chi connectivity index (χ1n) is 7.74. The lowest BCUT2D eigenvalue weighted by molar-refractivity contribution is 0.335. The molecule has 0 bridgehead atoms. The molecule has 1 aliphatic rings. The summed E-state index contributed by atoms with van der Waals surface area (Å²) in [4.78, 5) is 2.13. The minimum Gasteiger partial charge on any atom is -0.369 e. The van der Waals surface area contributed by atoms with E-state index in [1.54, 1.807) is 6.07 Å². The van der Waals surface area contributed by atoms with Crippen molar-refractivity contribution < 1.29 is 4.39 Å². The third-order valence-corrected chi connectivity index (χ3v) is 4.41. The molecule has 1 aromatic carbocycles. The Hall–Kier alpha value is -1.09. The maximum Gasteiger partial charge on any atom is 0.146 e. The van der Waals surface area contributed by atoms with Crippen LogP contribution in [-0.4, -0.2) is 19.1 Å². The summed E-state index contributed by atoms with van der Waals surface area (Å²) in [6.45, 7) is 4.24. The fraction of sp³-hybridized carbons (Fsp3) is 0.647. The summed E-state index contributed by atoms with van der Waals surface area (Å²) >= 11 is 0. The molecule has 2 rings (SSSR count). The van der Waals surface area contributed by atoms with Crippen molar-refractivity contribution in [3.8, 4) is 0 Å². The molecule has 1 aromatic rings. The highest BCUT2D eigenvalue weighted by molar-refractivity contribution is 5.49. The summed E-state index contributed by atoms with van der Waals surface area (Å²) in [7, 11) is 2.02. The van der Waals surface area contributed by atoms with Crippen LogP contribution in [0.15, 0.2) is 18.2 Å². The molecule has 0 aliphatic heterocycles. The highest BCUT2D eigenvalue weighted by atomic mass is 19.1. The van der Waals surface area contributed by atoms with E-state index >= 15 is 0 Å². The average Bonchev–Trinajstić information content (AvgIpc) is 2.37. The zero-order valence-electron chi connectivity index (χ0n) is 12.9. The van der Waals surface area contributed by atoms with Gasteiger partial charge in [0.1, 0.15) is 5.82 Å². The molecule has 0 heterocycles. The van der Waals surface area contributed by atoms with Crippen molar-refractivity contribution in [2.45, 2.75) is 58.0 Å². The molecule has 3 unspecified atom stereocenters. The molecule has 0 aromatic heterocycles. The second-order valence-electron chi connectivity index (χ2n) is 6.50. The van der Waals surface area contributed by atoms with Gasteiger partial charge in [0.05, 0.1) is 5.69 Å². The second kappa shape index (κ2) is 6.57. The lowest BCUT2D eigenvalue weighted by atomic mass is 9.86. The van der Waals surface area contributed by atoms with Gasteiger partial charge in [0.25, 0.3) is 0 Å². The van der Waals surface area contributed by atoms with Crippen LogP contribution in [0.4, 0.5) is 10.1 Å². The van der Waals surface area contributed by atoms with Crippen molar-refractivity contribution in [3.63, 3.8) is 0 Å². The van der Waals surface area contributed by atoms with E-state index in [9.17, 15) is 4.39 Å². The van der Waals surface area contributed by atoms with E-state index in [0.717, 1.165) is 30.0 Å². The Kier molecular flexibility index (Phi) is 5.03. The Morgan fingerprint density at radius 3 is 2.75 bits per heavy atom. The Labute approximate surface area is 122 Å². The number of nitrogens with zero attached hydrogens (tertiary/aromatic N) is 1. The Balaban J connectivity index is 2.11. The van der Waals surface area contributed by atoms with E-state index < -0.39 is 0 Å². The molecule has 2 N–H and O–H groups in total. The number of nitrogens with two attached hydrogens (primary N) is 1. The minimum atomic E-state index is -0.121. The van der Waals surface area contributed by atoms with Gasteiger partial charge >= 0.3 is 0 Å². The summed E-state index contributed by atoms with van der Waals surface area (Å²) in [5.41, 5.74) is 7.47. The van der Waals surface area contributed by atoms with Gasteiger partial charge in [0, 0.05) is 19.1 Å². The molecule has 0 spiro atoms. The van der Waals surface area contributed by atoms with Crippen molar-refractivity contribution in [1.82, 2.24) is 0 Å². The van der Waals surface area contributed by atoms with Gasteiger partial charge in [0.15, 0.2) is 0 Å². The fourth-order valence-corrected chi connectivity index (χ4v) is 3.29. The maximum absolute atomic E-state index is 14.3. The first-order chi connectivity index (χ1) is 9.47.